The zero-order valence-corrected chi connectivity index (χ0v) is 39.1. The van der Waals surface area contributed by atoms with E-state index in [1.54, 1.807) is 0 Å². The van der Waals surface area contributed by atoms with E-state index < -0.39 is 5.41 Å². The van der Waals surface area contributed by atoms with Crippen LogP contribution < -0.4 is 4.90 Å². The van der Waals surface area contributed by atoms with Crippen LogP contribution in [0.5, 0.6) is 0 Å². The number of aryl methyl sites for hydroxylation is 2. The minimum atomic E-state index is -0.539. The fourth-order valence-electron chi connectivity index (χ4n) is 11.9. The van der Waals surface area contributed by atoms with E-state index in [0.29, 0.717) is 5.92 Å². The zero-order valence-electron chi connectivity index (χ0n) is 39.1. The first-order valence-corrected chi connectivity index (χ1v) is 24.2. The highest BCUT2D eigenvalue weighted by Crippen LogP contribution is 2.60. The summed E-state index contributed by atoms with van der Waals surface area (Å²) in [6, 6.07) is 69.8. The molecule has 0 spiro atoms. The smallest absolute Gasteiger partial charge is 0.0714 e. The average molecular weight is 844 g/mol. The summed E-state index contributed by atoms with van der Waals surface area (Å²) in [5, 5.41) is 0. The van der Waals surface area contributed by atoms with E-state index in [2.05, 4.69) is 228 Å². The molecule has 322 valence electrons. The highest BCUT2D eigenvalue weighted by Gasteiger charge is 2.47. The van der Waals surface area contributed by atoms with E-state index in [1.807, 2.05) is 0 Å². The Hall–Kier alpha value is -6.44. The van der Waals surface area contributed by atoms with Crippen LogP contribution in [0.1, 0.15) is 123 Å². The SMILES string of the molecule is CC(C)c1cc2c(cc1-c1cc3c(cc1N(c1ccc(-c4ccccc4)cc1)c1ccc4c(c1)CCCC4)C(c1ccccc1)(c1ccccc1)c1ccccc1-3)C(C)(C)CCC2(C)C. The second-order valence-corrected chi connectivity index (χ2v) is 20.8. The van der Waals surface area contributed by atoms with E-state index in [1.165, 1.54) is 121 Å². The maximum absolute atomic E-state index is 2.64. The van der Waals surface area contributed by atoms with E-state index in [4.69, 9.17) is 0 Å². The van der Waals surface area contributed by atoms with Gasteiger partial charge in [-0.1, -0.05) is 181 Å². The molecule has 0 aromatic heterocycles. The van der Waals surface area contributed by atoms with Gasteiger partial charge in [0, 0.05) is 16.9 Å². The Morgan fingerprint density at radius 3 is 1.62 bits per heavy atom. The second-order valence-electron chi connectivity index (χ2n) is 20.8. The molecular formula is C64H61N. The van der Waals surface area contributed by atoms with Crippen molar-refractivity contribution in [1.82, 2.24) is 0 Å². The van der Waals surface area contributed by atoms with Crippen LogP contribution in [0.3, 0.4) is 0 Å². The summed E-state index contributed by atoms with van der Waals surface area (Å²) >= 11 is 0. The van der Waals surface area contributed by atoms with Crippen LogP contribution in [0, 0.1) is 0 Å². The Morgan fingerprint density at radius 1 is 0.415 bits per heavy atom. The Bertz CT molecular complexity index is 3000. The molecule has 0 bridgehead atoms. The van der Waals surface area contributed by atoms with Crippen molar-refractivity contribution in [2.75, 3.05) is 4.90 Å². The van der Waals surface area contributed by atoms with Crippen LogP contribution in [0.2, 0.25) is 0 Å². The molecule has 8 aromatic rings. The Kier molecular flexibility index (Phi) is 10.1. The van der Waals surface area contributed by atoms with Gasteiger partial charge in [0.05, 0.1) is 11.1 Å². The van der Waals surface area contributed by atoms with Crippen molar-refractivity contribution >= 4 is 17.1 Å². The summed E-state index contributed by atoms with van der Waals surface area (Å²) in [7, 11) is 0. The molecule has 65 heavy (non-hydrogen) atoms. The van der Waals surface area contributed by atoms with Gasteiger partial charge in [-0.2, -0.15) is 0 Å². The minimum Gasteiger partial charge on any atom is -0.310 e. The second kappa shape index (κ2) is 15.9. The topological polar surface area (TPSA) is 3.24 Å². The fraction of sp³-hybridized carbons (Fsp3) is 0.250. The molecule has 11 rings (SSSR count). The van der Waals surface area contributed by atoms with Crippen LogP contribution in [-0.2, 0) is 29.1 Å². The van der Waals surface area contributed by atoms with E-state index in [-0.39, 0.29) is 10.8 Å². The molecule has 8 aromatic carbocycles. The predicted octanol–water partition coefficient (Wildman–Crippen LogP) is 17.2. The minimum absolute atomic E-state index is 0.0554. The number of hydrogen-bond donors (Lipinski definition) is 0. The summed E-state index contributed by atoms with van der Waals surface area (Å²) in [6.45, 7) is 14.7. The molecule has 3 aliphatic rings. The lowest BCUT2D eigenvalue weighted by molar-refractivity contribution is 0.331. The van der Waals surface area contributed by atoms with Crippen molar-refractivity contribution in [1.29, 1.82) is 0 Å². The molecule has 0 heterocycles. The lowest BCUT2D eigenvalue weighted by atomic mass is 9.62. The van der Waals surface area contributed by atoms with Gasteiger partial charge < -0.3 is 4.90 Å². The molecule has 0 saturated heterocycles. The number of benzene rings is 8. The van der Waals surface area contributed by atoms with Gasteiger partial charge in [-0.3, -0.25) is 0 Å². The van der Waals surface area contributed by atoms with E-state index >= 15 is 0 Å². The Balaban J connectivity index is 1.28. The molecule has 0 aliphatic heterocycles. The van der Waals surface area contributed by atoms with Crippen molar-refractivity contribution in [3.8, 4) is 33.4 Å². The molecule has 0 atom stereocenters. The molecule has 3 aliphatic carbocycles. The third kappa shape index (κ3) is 6.81. The maximum Gasteiger partial charge on any atom is 0.0714 e. The zero-order chi connectivity index (χ0) is 44.5. The predicted molar refractivity (Wildman–Crippen MR) is 275 cm³/mol. The molecule has 0 saturated carbocycles. The van der Waals surface area contributed by atoms with Gasteiger partial charge in [-0.25, -0.2) is 0 Å². The number of anilines is 3. The molecule has 0 radical (unpaired) electrons. The maximum atomic E-state index is 2.64. The average Bonchev–Trinajstić information content (AvgIpc) is 3.63. The van der Waals surface area contributed by atoms with Crippen LogP contribution in [0.15, 0.2) is 182 Å². The number of rotatable bonds is 8. The van der Waals surface area contributed by atoms with Crippen LogP contribution in [0.4, 0.5) is 17.1 Å². The summed E-state index contributed by atoms with van der Waals surface area (Å²) in [5.41, 5.74) is 23.5. The summed E-state index contributed by atoms with van der Waals surface area (Å²) in [5.74, 6) is 0.319. The molecule has 0 N–H and O–H groups in total. The van der Waals surface area contributed by atoms with Crippen molar-refractivity contribution in [2.24, 2.45) is 0 Å². The van der Waals surface area contributed by atoms with Crippen molar-refractivity contribution in [3.63, 3.8) is 0 Å². The van der Waals surface area contributed by atoms with E-state index in [0.717, 1.165) is 18.5 Å². The highest BCUT2D eigenvalue weighted by molar-refractivity contribution is 5.97. The Labute approximate surface area is 387 Å². The quantitative estimate of drug-likeness (QED) is 0.147. The molecule has 0 unspecified atom stereocenters. The highest BCUT2D eigenvalue weighted by atomic mass is 15.1. The van der Waals surface area contributed by atoms with Gasteiger partial charge in [0.2, 0.25) is 0 Å². The van der Waals surface area contributed by atoms with Gasteiger partial charge in [0.1, 0.15) is 0 Å². The van der Waals surface area contributed by atoms with Gasteiger partial charge in [0.15, 0.2) is 0 Å². The van der Waals surface area contributed by atoms with Crippen molar-refractivity contribution < 1.29 is 0 Å². The lowest BCUT2D eigenvalue weighted by Crippen LogP contribution is -2.34. The summed E-state index contributed by atoms with van der Waals surface area (Å²) < 4.78 is 0. The fourth-order valence-corrected chi connectivity index (χ4v) is 11.9. The standard InChI is InChI=1S/C64H61N/c1-43(2)53-40-59-60(63(5,6)37-36-62(59,3)4)41-54(53)56-39-55-52-28-18-19-29-57(52)64(48-24-12-8-13-25-48,49-26-14-9-15-27-49)58(55)42-61(56)65(51-35-32-45-22-16-17-23-47(45)38-51)50-33-30-46(31-34-50)44-20-10-7-11-21-44/h7-15,18-21,24-35,38-43H,16-17,22-23,36-37H2,1-6H3. The molecule has 0 amide bonds. The van der Waals surface area contributed by atoms with Crippen molar-refractivity contribution in [3.05, 3.63) is 232 Å². The Morgan fingerprint density at radius 2 is 0.969 bits per heavy atom. The van der Waals surface area contributed by atoms with Gasteiger partial charge >= 0.3 is 0 Å². The number of fused-ring (bicyclic) bond motifs is 5. The summed E-state index contributed by atoms with van der Waals surface area (Å²) in [6.07, 6.45) is 7.13. The van der Waals surface area contributed by atoms with Crippen LogP contribution >= 0.6 is 0 Å². The van der Waals surface area contributed by atoms with E-state index in [9.17, 15) is 0 Å². The largest absolute Gasteiger partial charge is 0.310 e. The number of nitrogens with zero attached hydrogens (tertiary/aromatic N) is 1. The van der Waals surface area contributed by atoms with Gasteiger partial charge in [0.25, 0.3) is 0 Å². The van der Waals surface area contributed by atoms with Crippen molar-refractivity contribution in [2.45, 2.75) is 102 Å². The van der Waals surface area contributed by atoms with Crippen LogP contribution in [0.25, 0.3) is 33.4 Å². The monoisotopic (exact) mass is 843 g/mol. The third-order valence-corrected chi connectivity index (χ3v) is 15.6. The first-order valence-electron chi connectivity index (χ1n) is 24.2. The van der Waals surface area contributed by atoms with Crippen LogP contribution in [-0.4, -0.2) is 0 Å². The number of hydrogen-bond acceptors (Lipinski definition) is 1. The molecular weight excluding hydrogens is 783 g/mol. The van der Waals surface area contributed by atoms with Gasteiger partial charge in [-0.15, -0.1) is 0 Å². The lowest BCUT2D eigenvalue weighted by Gasteiger charge is -2.43. The summed E-state index contributed by atoms with van der Waals surface area (Å²) in [4.78, 5) is 2.61. The normalized spacial score (nSPS) is 16.3. The van der Waals surface area contributed by atoms with Gasteiger partial charge in [-0.05, 0) is 176 Å². The first-order chi connectivity index (χ1) is 31.5. The molecule has 0 fully saturated rings. The third-order valence-electron chi connectivity index (χ3n) is 15.6. The molecule has 1 nitrogen and oxygen atoms in total. The molecule has 1 heteroatoms. The first kappa shape index (κ1) is 41.3.